The summed E-state index contributed by atoms with van der Waals surface area (Å²) in [6.45, 7) is 2.93. The molecule has 0 bridgehead atoms. The van der Waals surface area contributed by atoms with E-state index in [9.17, 15) is 4.79 Å². The first-order chi connectivity index (χ1) is 9.20. The maximum Gasteiger partial charge on any atom is 0.261 e. The number of hydrogen-bond donors (Lipinski definition) is 1. The number of thiophene rings is 1. The molecule has 3 nitrogen and oxygen atoms in total. The van der Waals surface area contributed by atoms with E-state index >= 15 is 0 Å². The van der Waals surface area contributed by atoms with Crippen LogP contribution in [0, 0.1) is 0 Å². The molecule has 0 spiro atoms. The molecule has 100 valence electrons. The largest absolute Gasteiger partial charge is 0.487 e. The molecular formula is C14H14ClNO2S. The van der Waals surface area contributed by atoms with E-state index in [1.165, 1.54) is 11.3 Å². The Morgan fingerprint density at radius 2 is 2.21 bits per heavy atom. The highest BCUT2D eigenvalue weighted by atomic mass is 35.5. The smallest absolute Gasteiger partial charge is 0.261 e. The molecule has 0 aliphatic carbocycles. The van der Waals surface area contributed by atoms with Crippen molar-refractivity contribution >= 4 is 28.8 Å². The normalized spacial score (nSPS) is 10.2. The Bertz CT molecular complexity index is 568. The Labute approximate surface area is 121 Å². The lowest BCUT2D eigenvalue weighted by Gasteiger charge is -2.05. The van der Waals surface area contributed by atoms with Gasteiger partial charge in [0.25, 0.3) is 5.91 Å². The summed E-state index contributed by atoms with van der Waals surface area (Å²) in [4.78, 5) is 12.3. The fourth-order valence-electron chi connectivity index (χ4n) is 1.54. The third kappa shape index (κ3) is 3.72. The molecule has 0 aliphatic heterocycles. The third-order valence-corrected chi connectivity index (χ3v) is 3.74. The van der Waals surface area contributed by atoms with Crippen LogP contribution in [0.2, 0.25) is 5.02 Å². The van der Waals surface area contributed by atoms with Crippen LogP contribution in [0.25, 0.3) is 0 Å². The molecule has 1 aromatic carbocycles. The minimum absolute atomic E-state index is 0.0449. The molecule has 0 unspecified atom stereocenters. The maximum absolute atomic E-state index is 11.6. The fraction of sp³-hybridized carbons (Fsp3) is 0.214. The quantitative estimate of drug-likeness (QED) is 0.913. The van der Waals surface area contributed by atoms with E-state index in [4.69, 9.17) is 16.3 Å². The van der Waals surface area contributed by atoms with Crippen molar-refractivity contribution in [3.05, 3.63) is 51.2 Å². The first-order valence-corrected chi connectivity index (χ1v) is 7.19. The molecule has 0 saturated heterocycles. The standard InChI is InChI=1S/C14H14ClNO2S/c1-2-16-14(17)13-7-10(9-19-13)8-18-12-6-4-3-5-11(12)15/h3-7,9H,2,8H2,1H3,(H,16,17). The van der Waals surface area contributed by atoms with Gasteiger partial charge in [-0.2, -0.15) is 0 Å². The second-order valence-corrected chi connectivity index (χ2v) is 5.22. The van der Waals surface area contributed by atoms with Crippen LogP contribution in [-0.4, -0.2) is 12.5 Å². The average Bonchev–Trinajstić information content (AvgIpc) is 2.87. The number of carbonyl (C=O) groups is 1. The molecule has 19 heavy (non-hydrogen) atoms. The van der Waals surface area contributed by atoms with Gasteiger partial charge in [0.2, 0.25) is 0 Å². The summed E-state index contributed by atoms with van der Waals surface area (Å²) < 4.78 is 5.62. The Morgan fingerprint density at radius 3 is 2.95 bits per heavy atom. The van der Waals surface area contributed by atoms with E-state index in [1.54, 1.807) is 6.07 Å². The minimum atomic E-state index is -0.0449. The molecule has 0 saturated carbocycles. The number of hydrogen-bond acceptors (Lipinski definition) is 3. The van der Waals surface area contributed by atoms with Gasteiger partial charge in [0, 0.05) is 12.1 Å². The van der Waals surface area contributed by atoms with Crippen LogP contribution >= 0.6 is 22.9 Å². The Morgan fingerprint density at radius 1 is 1.42 bits per heavy atom. The summed E-state index contributed by atoms with van der Waals surface area (Å²) in [6, 6.07) is 9.17. The fourth-order valence-corrected chi connectivity index (χ4v) is 2.54. The second kappa shape index (κ2) is 6.59. The van der Waals surface area contributed by atoms with Crippen LogP contribution in [-0.2, 0) is 6.61 Å². The number of ether oxygens (including phenoxy) is 1. The first kappa shape index (κ1) is 13.9. The van der Waals surface area contributed by atoms with E-state index in [1.807, 2.05) is 36.6 Å². The lowest BCUT2D eigenvalue weighted by molar-refractivity contribution is 0.0960. The van der Waals surface area contributed by atoms with Crippen molar-refractivity contribution in [2.45, 2.75) is 13.5 Å². The van der Waals surface area contributed by atoms with Gasteiger partial charge in [-0.3, -0.25) is 4.79 Å². The second-order valence-electron chi connectivity index (χ2n) is 3.90. The number of benzene rings is 1. The predicted molar refractivity (Wildman–Crippen MR) is 78.1 cm³/mol. The monoisotopic (exact) mass is 295 g/mol. The average molecular weight is 296 g/mol. The van der Waals surface area contributed by atoms with Crippen LogP contribution in [0.15, 0.2) is 35.7 Å². The molecule has 0 aliphatic rings. The van der Waals surface area contributed by atoms with E-state index in [-0.39, 0.29) is 5.91 Å². The SMILES string of the molecule is CCNC(=O)c1cc(COc2ccccc2Cl)cs1. The Balaban J connectivity index is 1.97. The van der Waals surface area contributed by atoms with Gasteiger partial charge in [-0.05, 0) is 30.5 Å². The number of para-hydroxylation sites is 1. The maximum atomic E-state index is 11.6. The molecule has 2 aromatic rings. The molecule has 0 fully saturated rings. The summed E-state index contributed by atoms with van der Waals surface area (Å²) in [5.41, 5.74) is 0.964. The topological polar surface area (TPSA) is 38.3 Å². The zero-order valence-corrected chi connectivity index (χ0v) is 12.1. The van der Waals surface area contributed by atoms with Crippen molar-refractivity contribution in [2.75, 3.05) is 6.54 Å². The van der Waals surface area contributed by atoms with Crippen molar-refractivity contribution in [3.8, 4) is 5.75 Å². The number of halogens is 1. The molecule has 0 radical (unpaired) electrons. The van der Waals surface area contributed by atoms with E-state index in [0.29, 0.717) is 28.8 Å². The highest BCUT2D eigenvalue weighted by Crippen LogP contribution is 2.25. The third-order valence-electron chi connectivity index (χ3n) is 2.45. The van der Waals surface area contributed by atoms with Crippen LogP contribution in [0.1, 0.15) is 22.2 Å². The number of rotatable bonds is 5. The first-order valence-electron chi connectivity index (χ1n) is 5.93. The molecule has 5 heteroatoms. The molecule has 1 amide bonds. The van der Waals surface area contributed by atoms with Gasteiger partial charge in [-0.25, -0.2) is 0 Å². The highest BCUT2D eigenvalue weighted by molar-refractivity contribution is 7.12. The molecule has 2 rings (SSSR count). The Hall–Kier alpha value is -1.52. The van der Waals surface area contributed by atoms with Crippen molar-refractivity contribution in [2.24, 2.45) is 0 Å². The molecule has 1 heterocycles. The lowest BCUT2D eigenvalue weighted by atomic mass is 10.3. The van der Waals surface area contributed by atoms with Crippen LogP contribution in [0.5, 0.6) is 5.75 Å². The van der Waals surface area contributed by atoms with Crippen molar-refractivity contribution in [1.29, 1.82) is 0 Å². The van der Waals surface area contributed by atoms with Gasteiger partial charge in [0.15, 0.2) is 0 Å². The van der Waals surface area contributed by atoms with Crippen LogP contribution in [0.3, 0.4) is 0 Å². The lowest BCUT2D eigenvalue weighted by Crippen LogP contribution is -2.21. The summed E-state index contributed by atoms with van der Waals surface area (Å²) >= 11 is 7.41. The van der Waals surface area contributed by atoms with Crippen molar-refractivity contribution in [3.63, 3.8) is 0 Å². The Kier molecular flexibility index (Phi) is 4.82. The zero-order valence-electron chi connectivity index (χ0n) is 10.5. The van der Waals surface area contributed by atoms with Gasteiger partial charge in [0.05, 0.1) is 9.90 Å². The molecule has 0 atom stereocenters. The van der Waals surface area contributed by atoms with E-state index in [0.717, 1.165) is 5.56 Å². The van der Waals surface area contributed by atoms with Crippen molar-refractivity contribution in [1.82, 2.24) is 5.32 Å². The van der Waals surface area contributed by atoms with Gasteiger partial charge in [0.1, 0.15) is 12.4 Å². The predicted octanol–water partition coefficient (Wildman–Crippen LogP) is 3.73. The van der Waals surface area contributed by atoms with Gasteiger partial charge in [-0.1, -0.05) is 23.7 Å². The number of nitrogens with one attached hydrogen (secondary N) is 1. The van der Waals surface area contributed by atoms with Gasteiger partial charge < -0.3 is 10.1 Å². The number of carbonyl (C=O) groups excluding carboxylic acids is 1. The zero-order chi connectivity index (χ0) is 13.7. The molecule has 1 N–H and O–H groups in total. The van der Waals surface area contributed by atoms with E-state index in [2.05, 4.69) is 5.32 Å². The van der Waals surface area contributed by atoms with Gasteiger partial charge >= 0.3 is 0 Å². The van der Waals surface area contributed by atoms with E-state index < -0.39 is 0 Å². The number of amides is 1. The summed E-state index contributed by atoms with van der Waals surface area (Å²) in [6.07, 6.45) is 0. The van der Waals surface area contributed by atoms with Crippen LogP contribution in [0.4, 0.5) is 0 Å². The summed E-state index contributed by atoms with van der Waals surface area (Å²) in [5, 5.41) is 5.27. The minimum Gasteiger partial charge on any atom is -0.487 e. The van der Waals surface area contributed by atoms with Crippen LogP contribution < -0.4 is 10.1 Å². The van der Waals surface area contributed by atoms with Gasteiger partial charge in [-0.15, -0.1) is 11.3 Å². The van der Waals surface area contributed by atoms with Crippen molar-refractivity contribution < 1.29 is 9.53 Å². The summed E-state index contributed by atoms with van der Waals surface area (Å²) in [7, 11) is 0. The molecule has 1 aromatic heterocycles. The highest BCUT2D eigenvalue weighted by Gasteiger charge is 2.08. The molecular weight excluding hydrogens is 282 g/mol. The summed E-state index contributed by atoms with van der Waals surface area (Å²) in [5.74, 6) is 0.603.